The van der Waals surface area contributed by atoms with Gasteiger partial charge in [0, 0.05) is 20.1 Å². The van der Waals surface area contributed by atoms with E-state index in [9.17, 15) is 4.79 Å². The number of amides is 1. The van der Waals surface area contributed by atoms with E-state index in [1.807, 2.05) is 14.0 Å². The van der Waals surface area contributed by atoms with Crippen LogP contribution in [0.4, 0.5) is 0 Å². The smallest absolute Gasteiger partial charge is 0.226 e. The highest BCUT2D eigenvalue weighted by molar-refractivity contribution is 5.78. The summed E-state index contributed by atoms with van der Waals surface area (Å²) in [6.07, 6.45) is 1.84. The van der Waals surface area contributed by atoms with E-state index in [1.165, 1.54) is 0 Å². The van der Waals surface area contributed by atoms with Gasteiger partial charge < -0.3 is 10.6 Å². The molecule has 0 saturated heterocycles. The van der Waals surface area contributed by atoms with Crippen LogP contribution in [-0.2, 0) is 4.79 Å². The van der Waals surface area contributed by atoms with E-state index in [1.54, 1.807) is 4.90 Å². The first kappa shape index (κ1) is 11.4. The number of rotatable bonds is 5. The Balaban J connectivity index is 3.97. The third kappa shape index (κ3) is 3.22. The van der Waals surface area contributed by atoms with E-state index in [0.717, 1.165) is 19.4 Å². The highest BCUT2D eigenvalue weighted by Gasteiger charge is 2.17. The van der Waals surface area contributed by atoms with Gasteiger partial charge in [0.15, 0.2) is 0 Å². The first-order chi connectivity index (χ1) is 5.67. The van der Waals surface area contributed by atoms with Crippen molar-refractivity contribution in [2.24, 2.45) is 11.7 Å². The fraction of sp³-hybridized carbons (Fsp3) is 0.889. The van der Waals surface area contributed by atoms with Gasteiger partial charge in [0.25, 0.3) is 0 Å². The molecule has 0 bridgehead atoms. The predicted molar refractivity (Wildman–Crippen MR) is 50.8 cm³/mol. The summed E-state index contributed by atoms with van der Waals surface area (Å²) in [5, 5.41) is 0. The molecule has 0 heterocycles. The third-order valence-corrected chi connectivity index (χ3v) is 2.06. The van der Waals surface area contributed by atoms with Crippen LogP contribution in [0.3, 0.4) is 0 Å². The molecule has 0 spiro atoms. The molecule has 12 heavy (non-hydrogen) atoms. The topological polar surface area (TPSA) is 46.3 Å². The molecule has 0 aromatic heterocycles. The van der Waals surface area contributed by atoms with Crippen molar-refractivity contribution in [1.29, 1.82) is 0 Å². The van der Waals surface area contributed by atoms with Crippen LogP contribution in [0, 0.1) is 5.92 Å². The minimum absolute atomic E-state index is 0.0153. The van der Waals surface area contributed by atoms with E-state index in [-0.39, 0.29) is 11.8 Å². The molecule has 3 nitrogen and oxygen atoms in total. The maximum absolute atomic E-state index is 11.5. The zero-order valence-electron chi connectivity index (χ0n) is 8.34. The third-order valence-electron chi connectivity index (χ3n) is 2.06. The van der Waals surface area contributed by atoms with E-state index >= 15 is 0 Å². The Morgan fingerprint density at radius 2 is 2.08 bits per heavy atom. The van der Waals surface area contributed by atoms with Gasteiger partial charge in [0.2, 0.25) is 5.91 Å². The molecule has 0 radical (unpaired) electrons. The lowest BCUT2D eigenvalue weighted by atomic mass is 10.1. The molecule has 0 aliphatic rings. The molecule has 0 fully saturated rings. The molecule has 2 N–H and O–H groups in total. The van der Waals surface area contributed by atoms with Crippen molar-refractivity contribution in [2.75, 3.05) is 20.1 Å². The lowest BCUT2D eigenvalue weighted by Gasteiger charge is -2.21. The summed E-state index contributed by atoms with van der Waals surface area (Å²) in [7, 11) is 1.84. The van der Waals surface area contributed by atoms with Crippen molar-refractivity contribution in [3.05, 3.63) is 0 Å². The minimum Gasteiger partial charge on any atom is -0.345 e. The molecule has 1 unspecified atom stereocenters. The lowest BCUT2D eigenvalue weighted by Crippen LogP contribution is -2.36. The van der Waals surface area contributed by atoms with E-state index in [0.29, 0.717) is 6.54 Å². The van der Waals surface area contributed by atoms with E-state index in [2.05, 4.69) is 6.92 Å². The van der Waals surface area contributed by atoms with Gasteiger partial charge in [0.1, 0.15) is 0 Å². The van der Waals surface area contributed by atoms with Gasteiger partial charge in [-0.2, -0.15) is 0 Å². The van der Waals surface area contributed by atoms with Crippen molar-refractivity contribution >= 4 is 5.91 Å². The number of nitrogens with zero attached hydrogens (tertiary/aromatic N) is 1. The van der Waals surface area contributed by atoms with Crippen molar-refractivity contribution in [2.45, 2.75) is 26.7 Å². The Labute approximate surface area is 74.9 Å². The Kier molecular flexibility index (Phi) is 5.72. The van der Waals surface area contributed by atoms with Gasteiger partial charge in [-0.3, -0.25) is 4.79 Å². The second kappa shape index (κ2) is 6.00. The average Bonchev–Trinajstić information content (AvgIpc) is 2.07. The number of hydrogen-bond acceptors (Lipinski definition) is 2. The monoisotopic (exact) mass is 172 g/mol. The zero-order chi connectivity index (χ0) is 9.56. The molecule has 0 aliphatic heterocycles. The van der Waals surface area contributed by atoms with Gasteiger partial charge in [-0.1, -0.05) is 13.8 Å². The van der Waals surface area contributed by atoms with Crippen molar-refractivity contribution < 1.29 is 4.79 Å². The SMILES string of the molecule is CCCN(C)C(=O)C(CC)CN. The van der Waals surface area contributed by atoms with Crippen LogP contribution in [0.2, 0.25) is 0 Å². The summed E-state index contributed by atoms with van der Waals surface area (Å²) >= 11 is 0. The summed E-state index contributed by atoms with van der Waals surface area (Å²) in [5.74, 6) is 0.198. The number of carbonyl (C=O) groups excluding carboxylic acids is 1. The van der Waals surface area contributed by atoms with Gasteiger partial charge in [-0.05, 0) is 12.8 Å². The fourth-order valence-corrected chi connectivity index (χ4v) is 1.20. The first-order valence-electron chi connectivity index (χ1n) is 4.62. The van der Waals surface area contributed by atoms with E-state index < -0.39 is 0 Å². The number of hydrogen-bond donors (Lipinski definition) is 1. The Morgan fingerprint density at radius 1 is 1.50 bits per heavy atom. The van der Waals surface area contributed by atoms with Crippen LogP contribution in [-0.4, -0.2) is 30.9 Å². The Bertz CT molecular complexity index is 132. The van der Waals surface area contributed by atoms with Gasteiger partial charge in [-0.15, -0.1) is 0 Å². The molecule has 0 saturated carbocycles. The molecule has 72 valence electrons. The van der Waals surface area contributed by atoms with Crippen molar-refractivity contribution in [3.8, 4) is 0 Å². The second-order valence-electron chi connectivity index (χ2n) is 3.10. The number of nitrogens with two attached hydrogens (primary N) is 1. The standard InChI is InChI=1S/C9H20N2O/c1-4-6-11(3)9(12)8(5-2)7-10/h8H,4-7,10H2,1-3H3. The van der Waals surface area contributed by atoms with E-state index in [4.69, 9.17) is 5.73 Å². The van der Waals surface area contributed by atoms with Gasteiger partial charge >= 0.3 is 0 Å². The maximum Gasteiger partial charge on any atom is 0.226 e. The van der Waals surface area contributed by atoms with Crippen LogP contribution in [0.15, 0.2) is 0 Å². The molecule has 3 heteroatoms. The molecule has 0 aromatic rings. The first-order valence-corrected chi connectivity index (χ1v) is 4.62. The summed E-state index contributed by atoms with van der Waals surface area (Å²) < 4.78 is 0. The van der Waals surface area contributed by atoms with Crippen LogP contribution in [0.5, 0.6) is 0 Å². The van der Waals surface area contributed by atoms with Crippen LogP contribution in [0.25, 0.3) is 0 Å². The van der Waals surface area contributed by atoms with Crippen molar-refractivity contribution in [1.82, 2.24) is 4.90 Å². The number of carbonyl (C=O) groups is 1. The van der Waals surface area contributed by atoms with Crippen LogP contribution < -0.4 is 5.73 Å². The Hall–Kier alpha value is -0.570. The summed E-state index contributed by atoms with van der Waals surface area (Å²) in [4.78, 5) is 13.3. The summed E-state index contributed by atoms with van der Waals surface area (Å²) in [6.45, 7) is 5.35. The molecule has 0 aromatic carbocycles. The quantitative estimate of drug-likeness (QED) is 0.668. The molecule has 0 aliphatic carbocycles. The highest BCUT2D eigenvalue weighted by Crippen LogP contribution is 2.04. The second-order valence-corrected chi connectivity index (χ2v) is 3.10. The van der Waals surface area contributed by atoms with Crippen LogP contribution in [0.1, 0.15) is 26.7 Å². The lowest BCUT2D eigenvalue weighted by molar-refractivity contribution is -0.134. The Morgan fingerprint density at radius 3 is 2.42 bits per heavy atom. The predicted octanol–water partition coefficient (Wildman–Crippen LogP) is 0.840. The molecular weight excluding hydrogens is 152 g/mol. The van der Waals surface area contributed by atoms with Crippen LogP contribution >= 0.6 is 0 Å². The normalized spacial score (nSPS) is 12.7. The molecule has 1 amide bonds. The van der Waals surface area contributed by atoms with Crippen molar-refractivity contribution in [3.63, 3.8) is 0 Å². The highest BCUT2D eigenvalue weighted by atomic mass is 16.2. The largest absolute Gasteiger partial charge is 0.345 e. The molecule has 1 atom stereocenters. The zero-order valence-corrected chi connectivity index (χ0v) is 8.34. The minimum atomic E-state index is 0.0153. The summed E-state index contributed by atoms with van der Waals surface area (Å²) in [5.41, 5.74) is 5.47. The maximum atomic E-state index is 11.5. The fourth-order valence-electron chi connectivity index (χ4n) is 1.20. The van der Waals surface area contributed by atoms with Gasteiger partial charge in [-0.25, -0.2) is 0 Å². The molecule has 0 rings (SSSR count). The molecular formula is C9H20N2O. The van der Waals surface area contributed by atoms with Gasteiger partial charge in [0.05, 0.1) is 5.92 Å². The summed E-state index contributed by atoms with van der Waals surface area (Å²) in [6, 6.07) is 0. The average molecular weight is 172 g/mol.